The van der Waals surface area contributed by atoms with Crippen LogP contribution in [0.15, 0.2) is 29.1 Å². The number of hydrogen-bond donors (Lipinski definition) is 3. The molecule has 27 heavy (non-hydrogen) atoms. The predicted octanol–water partition coefficient (Wildman–Crippen LogP) is 3.33. The first-order chi connectivity index (χ1) is 13.1. The zero-order valence-electron chi connectivity index (χ0n) is 14.5. The van der Waals surface area contributed by atoms with E-state index < -0.39 is 5.54 Å². The fourth-order valence-corrected chi connectivity index (χ4v) is 4.27. The van der Waals surface area contributed by atoms with Crippen LogP contribution in [0.3, 0.4) is 0 Å². The van der Waals surface area contributed by atoms with Gasteiger partial charge in [0.05, 0.1) is 12.1 Å². The molecule has 1 aliphatic carbocycles. The Bertz CT molecular complexity index is 1010. The highest BCUT2D eigenvalue weighted by Crippen LogP contribution is 2.35. The molecule has 0 bridgehead atoms. The molecule has 1 aromatic carbocycles. The van der Waals surface area contributed by atoms with Gasteiger partial charge in [0.15, 0.2) is 11.5 Å². The summed E-state index contributed by atoms with van der Waals surface area (Å²) in [5.74, 6) is 0.508. The van der Waals surface area contributed by atoms with Crippen LogP contribution in [-0.4, -0.2) is 32.2 Å². The number of nitrogens with zero attached hydrogens (tertiary/aromatic N) is 2. The number of aliphatic hydroxyl groups excluding tert-OH is 1. The first kappa shape index (κ1) is 18.2. The van der Waals surface area contributed by atoms with Crippen molar-refractivity contribution in [3.63, 3.8) is 0 Å². The monoisotopic (exact) mass is 406 g/mol. The Balaban J connectivity index is 1.66. The molecule has 0 atom stereocenters. The van der Waals surface area contributed by atoms with E-state index >= 15 is 0 Å². The van der Waals surface area contributed by atoms with Crippen molar-refractivity contribution in [1.82, 2.24) is 15.0 Å². The normalized spacial score (nSPS) is 15.9. The second-order valence-electron chi connectivity index (χ2n) is 6.70. The fraction of sp³-hybridized carbons (Fsp3) is 0.389. The van der Waals surface area contributed by atoms with Crippen LogP contribution in [0.2, 0.25) is 5.02 Å². The van der Waals surface area contributed by atoms with Gasteiger partial charge >= 0.3 is 10.9 Å². The number of anilines is 1. The van der Waals surface area contributed by atoms with Crippen LogP contribution in [0.4, 0.5) is 5.82 Å². The molecule has 3 N–H and O–H groups in total. The van der Waals surface area contributed by atoms with Crippen LogP contribution >= 0.6 is 22.9 Å². The van der Waals surface area contributed by atoms with Gasteiger partial charge in [-0.05, 0) is 18.9 Å². The lowest BCUT2D eigenvalue weighted by Gasteiger charge is -2.28. The van der Waals surface area contributed by atoms with Crippen LogP contribution < -0.4 is 14.9 Å². The van der Waals surface area contributed by atoms with E-state index in [0.29, 0.717) is 21.2 Å². The zero-order chi connectivity index (χ0) is 18.9. The van der Waals surface area contributed by atoms with Gasteiger partial charge in [0.1, 0.15) is 11.3 Å². The van der Waals surface area contributed by atoms with Crippen molar-refractivity contribution in [2.24, 2.45) is 0 Å². The molecule has 2 aromatic heterocycles. The first-order valence-corrected chi connectivity index (χ1v) is 9.94. The standard InChI is InChI=1S/C18H19ClN4O3S/c19-12-6-2-1-5-11(12)9-26-16-20-14-13(27-17(25)22-14)15(21-16)23-18(10-24)7-3-4-8-18/h1-2,5-6,24H,3-4,7-10H2,(H2,20,21,22,23,25). The molecular weight excluding hydrogens is 388 g/mol. The van der Waals surface area contributed by atoms with Crippen molar-refractivity contribution in [3.05, 3.63) is 44.5 Å². The topological polar surface area (TPSA) is 100 Å². The van der Waals surface area contributed by atoms with E-state index in [-0.39, 0.29) is 24.1 Å². The Kier molecular flexibility index (Phi) is 5.03. The molecule has 0 radical (unpaired) electrons. The summed E-state index contributed by atoms with van der Waals surface area (Å²) < 4.78 is 6.36. The molecule has 4 rings (SSSR count). The highest BCUT2D eigenvalue weighted by atomic mass is 35.5. The van der Waals surface area contributed by atoms with E-state index in [2.05, 4.69) is 20.3 Å². The maximum atomic E-state index is 11.8. The van der Waals surface area contributed by atoms with Gasteiger partial charge in [-0.15, -0.1) is 0 Å². The molecule has 0 spiro atoms. The second kappa shape index (κ2) is 7.46. The Morgan fingerprint density at radius 2 is 2.07 bits per heavy atom. The largest absolute Gasteiger partial charge is 0.458 e. The molecule has 9 heteroatoms. The molecule has 7 nitrogen and oxygen atoms in total. The van der Waals surface area contributed by atoms with Crippen LogP contribution in [0.5, 0.6) is 6.01 Å². The molecular formula is C18H19ClN4O3S. The van der Waals surface area contributed by atoms with Gasteiger partial charge in [-0.25, -0.2) is 0 Å². The minimum Gasteiger partial charge on any atom is -0.458 e. The Morgan fingerprint density at radius 1 is 1.30 bits per heavy atom. The summed E-state index contributed by atoms with van der Waals surface area (Å²) in [6, 6.07) is 7.53. The second-order valence-corrected chi connectivity index (χ2v) is 8.09. The number of benzene rings is 1. The number of fused-ring (bicyclic) bond motifs is 1. The number of hydrogen-bond acceptors (Lipinski definition) is 7. The highest BCUT2D eigenvalue weighted by Gasteiger charge is 2.34. The summed E-state index contributed by atoms with van der Waals surface area (Å²) in [5.41, 5.74) is 0.815. The summed E-state index contributed by atoms with van der Waals surface area (Å²) in [5, 5.41) is 13.8. The lowest BCUT2D eigenvalue weighted by molar-refractivity contribution is 0.213. The molecule has 2 heterocycles. The van der Waals surface area contributed by atoms with Crippen molar-refractivity contribution in [3.8, 4) is 6.01 Å². The minimum absolute atomic E-state index is 0.00757. The van der Waals surface area contributed by atoms with Crippen molar-refractivity contribution < 1.29 is 9.84 Å². The molecule has 0 aliphatic heterocycles. The summed E-state index contributed by atoms with van der Waals surface area (Å²) in [6.07, 6.45) is 3.79. The van der Waals surface area contributed by atoms with Crippen LogP contribution in [-0.2, 0) is 6.61 Å². The van der Waals surface area contributed by atoms with Crippen molar-refractivity contribution in [2.75, 3.05) is 11.9 Å². The van der Waals surface area contributed by atoms with Gasteiger partial charge in [-0.1, -0.05) is 54.0 Å². The number of nitrogens with one attached hydrogen (secondary N) is 2. The molecule has 1 fully saturated rings. The van der Waals surface area contributed by atoms with E-state index in [1.807, 2.05) is 18.2 Å². The minimum atomic E-state index is -0.422. The summed E-state index contributed by atoms with van der Waals surface area (Å²) in [4.78, 5) is 23.1. The average molecular weight is 407 g/mol. The van der Waals surface area contributed by atoms with Crippen LogP contribution in [0.25, 0.3) is 10.3 Å². The predicted molar refractivity (Wildman–Crippen MR) is 106 cm³/mol. The van der Waals surface area contributed by atoms with Crippen LogP contribution in [0.1, 0.15) is 31.2 Å². The Hall–Kier alpha value is -2.16. The van der Waals surface area contributed by atoms with Gasteiger partial charge in [-0.3, -0.25) is 9.78 Å². The molecule has 1 aliphatic rings. The van der Waals surface area contributed by atoms with E-state index in [4.69, 9.17) is 16.3 Å². The molecule has 3 aromatic rings. The molecule has 0 amide bonds. The summed E-state index contributed by atoms with van der Waals surface area (Å²) in [6.45, 7) is 0.220. The maximum absolute atomic E-state index is 11.8. The third-order valence-corrected chi connectivity index (χ3v) is 6.07. The number of thiazole rings is 1. The molecule has 142 valence electrons. The Labute approximate surface area is 164 Å². The number of rotatable bonds is 6. The third-order valence-electron chi connectivity index (χ3n) is 4.82. The molecule has 0 saturated heterocycles. The van der Waals surface area contributed by atoms with Crippen LogP contribution in [0, 0.1) is 0 Å². The van der Waals surface area contributed by atoms with E-state index in [1.54, 1.807) is 6.07 Å². The number of halogens is 1. The van der Waals surface area contributed by atoms with E-state index in [0.717, 1.165) is 42.6 Å². The lowest BCUT2D eigenvalue weighted by atomic mass is 9.99. The first-order valence-electron chi connectivity index (χ1n) is 8.75. The summed E-state index contributed by atoms with van der Waals surface area (Å²) in [7, 11) is 0. The fourth-order valence-electron chi connectivity index (χ4n) is 3.36. The quantitative estimate of drug-likeness (QED) is 0.580. The van der Waals surface area contributed by atoms with Gasteiger partial charge in [0.2, 0.25) is 0 Å². The number of aliphatic hydroxyl groups is 1. The SMILES string of the molecule is O=c1[nH]c2nc(OCc3ccccc3Cl)nc(NC3(CO)CCCC3)c2s1. The smallest absolute Gasteiger partial charge is 0.320 e. The number of aromatic nitrogens is 3. The number of H-pyrrole nitrogens is 1. The highest BCUT2D eigenvalue weighted by molar-refractivity contribution is 7.17. The Morgan fingerprint density at radius 3 is 2.81 bits per heavy atom. The van der Waals surface area contributed by atoms with Gasteiger partial charge in [-0.2, -0.15) is 9.97 Å². The van der Waals surface area contributed by atoms with Gasteiger partial charge in [0, 0.05) is 10.6 Å². The third kappa shape index (κ3) is 3.78. The van der Waals surface area contributed by atoms with Crippen molar-refractivity contribution in [1.29, 1.82) is 0 Å². The number of ether oxygens (including phenoxy) is 1. The maximum Gasteiger partial charge on any atom is 0.320 e. The molecule has 0 unspecified atom stereocenters. The van der Waals surface area contributed by atoms with Crippen molar-refractivity contribution in [2.45, 2.75) is 37.8 Å². The van der Waals surface area contributed by atoms with E-state index in [1.165, 1.54) is 0 Å². The van der Waals surface area contributed by atoms with Gasteiger partial charge < -0.3 is 15.2 Å². The lowest BCUT2D eigenvalue weighted by Crippen LogP contribution is -2.39. The molecule has 1 saturated carbocycles. The van der Waals surface area contributed by atoms with E-state index in [9.17, 15) is 9.90 Å². The van der Waals surface area contributed by atoms with Crippen molar-refractivity contribution >= 4 is 39.1 Å². The summed E-state index contributed by atoms with van der Waals surface area (Å²) >= 11 is 7.20. The van der Waals surface area contributed by atoms with Gasteiger partial charge in [0.25, 0.3) is 0 Å². The number of aromatic amines is 1. The zero-order valence-corrected chi connectivity index (χ0v) is 16.1. The average Bonchev–Trinajstić information content (AvgIpc) is 3.27.